The number of rotatable bonds is 3. The maximum Gasteiger partial charge on any atom is 0.292 e. The van der Waals surface area contributed by atoms with Crippen LogP contribution in [-0.2, 0) is 0 Å². The highest BCUT2D eigenvalue weighted by molar-refractivity contribution is 7.16. The number of halogens is 2. The van der Waals surface area contributed by atoms with Crippen LogP contribution in [0.4, 0.5) is 11.5 Å². The number of anilines is 2. The Balaban J connectivity index is 1.38. The van der Waals surface area contributed by atoms with Crippen molar-refractivity contribution in [1.82, 2.24) is 19.7 Å². The SMILES string of the molecule is Cc1ccc(-n2ncc(N3CCN(c4ncnc5sccc45)CC3)c(Cl)c2=O)cc1Cl. The van der Waals surface area contributed by atoms with Crippen LogP contribution in [-0.4, -0.2) is 45.9 Å². The Bertz CT molecular complexity index is 1330. The highest BCUT2D eigenvalue weighted by Gasteiger charge is 2.23. The number of hydrogen-bond donors (Lipinski definition) is 0. The Labute approximate surface area is 192 Å². The lowest BCUT2D eigenvalue weighted by Gasteiger charge is -2.36. The second-order valence-electron chi connectivity index (χ2n) is 7.31. The predicted octanol–water partition coefficient (Wildman–Crippen LogP) is 4.18. The fourth-order valence-electron chi connectivity index (χ4n) is 3.73. The zero-order chi connectivity index (χ0) is 21.5. The van der Waals surface area contributed by atoms with E-state index >= 15 is 0 Å². The molecule has 10 heteroatoms. The predicted molar refractivity (Wildman–Crippen MR) is 126 cm³/mol. The third kappa shape index (κ3) is 3.64. The third-order valence-corrected chi connectivity index (χ3v) is 7.04. The van der Waals surface area contributed by atoms with Crippen LogP contribution in [0, 0.1) is 6.92 Å². The number of nitrogens with zero attached hydrogens (tertiary/aromatic N) is 6. The quantitative estimate of drug-likeness (QED) is 0.445. The lowest BCUT2D eigenvalue weighted by Crippen LogP contribution is -2.47. The van der Waals surface area contributed by atoms with Gasteiger partial charge in [-0.25, -0.2) is 9.97 Å². The number of hydrogen-bond acceptors (Lipinski definition) is 7. The summed E-state index contributed by atoms with van der Waals surface area (Å²) >= 11 is 14.3. The summed E-state index contributed by atoms with van der Waals surface area (Å²) < 4.78 is 1.28. The van der Waals surface area contributed by atoms with E-state index in [1.165, 1.54) is 4.68 Å². The molecule has 0 N–H and O–H groups in total. The zero-order valence-electron chi connectivity index (χ0n) is 16.6. The van der Waals surface area contributed by atoms with E-state index in [0.717, 1.165) is 34.7 Å². The van der Waals surface area contributed by atoms with Gasteiger partial charge in [0.2, 0.25) is 0 Å². The molecular formula is C21H18Cl2N6OS. The van der Waals surface area contributed by atoms with Gasteiger partial charge in [-0.1, -0.05) is 29.3 Å². The molecule has 0 saturated carbocycles. The molecule has 1 aliphatic rings. The third-order valence-electron chi connectivity index (χ3n) is 5.46. The summed E-state index contributed by atoms with van der Waals surface area (Å²) in [5.74, 6) is 0.946. The number of aryl methyl sites for hydroxylation is 1. The van der Waals surface area contributed by atoms with Gasteiger partial charge < -0.3 is 9.80 Å². The Kier molecular flexibility index (Phi) is 5.29. The van der Waals surface area contributed by atoms with Crippen molar-refractivity contribution in [3.8, 4) is 5.69 Å². The molecule has 5 rings (SSSR count). The summed E-state index contributed by atoms with van der Waals surface area (Å²) in [6, 6.07) is 7.42. The van der Waals surface area contributed by atoms with E-state index < -0.39 is 0 Å². The van der Waals surface area contributed by atoms with Crippen LogP contribution in [0.3, 0.4) is 0 Å². The van der Waals surface area contributed by atoms with Crippen molar-refractivity contribution in [1.29, 1.82) is 0 Å². The Hall–Kier alpha value is -2.68. The first-order valence-corrected chi connectivity index (χ1v) is 11.4. The van der Waals surface area contributed by atoms with E-state index in [9.17, 15) is 4.79 Å². The standard InChI is InChI=1S/C21H18Cl2N6OS/c1-13-2-3-14(10-16(13)22)29-21(30)18(23)17(11-26-29)27-5-7-28(8-6-27)19-15-4-9-31-20(15)25-12-24-19/h2-4,9-12H,5-8H2,1H3. The molecule has 1 aliphatic heterocycles. The number of aromatic nitrogens is 4. The average molecular weight is 473 g/mol. The number of thiophene rings is 1. The normalized spacial score (nSPS) is 14.4. The van der Waals surface area contributed by atoms with E-state index in [1.54, 1.807) is 36.0 Å². The van der Waals surface area contributed by atoms with Crippen molar-refractivity contribution in [3.63, 3.8) is 0 Å². The second kappa shape index (κ2) is 8.11. The minimum Gasteiger partial charge on any atom is -0.365 e. The monoisotopic (exact) mass is 472 g/mol. The molecular weight excluding hydrogens is 455 g/mol. The minimum atomic E-state index is -0.364. The lowest BCUT2D eigenvalue weighted by molar-refractivity contribution is 0.644. The van der Waals surface area contributed by atoms with Crippen molar-refractivity contribution < 1.29 is 0 Å². The smallest absolute Gasteiger partial charge is 0.292 e. The van der Waals surface area contributed by atoms with Crippen molar-refractivity contribution >= 4 is 56.3 Å². The van der Waals surface area contributed by atoms with E-state index in [1.807, 2.05) is 18.4 Å². The second-order valence-corrected chi connectivity index (χ2v) is 8.98. The molecule has 0 aliphatic carbocycles. The van der Waals surface area contributed by atoms with Crippen molar-refractivity contribution in [2.45, 2.75) is 6.92 Å². The van der Waals surface area contributed by atoms with Gasteiger partial charge in [0.05, 0.1) is 23.0 Å². The van der Waals surface area contributed by atoms with Crippen LogP contribution in [0.1, 0.15) is 5.56 Å². The summed E-state index contributed by atoms with van der Waals surface area (Å²) in [7, 11) is 0. The molecule has 1 fully saturated rings. The summed E-state index contributed by atoms with van der Waals surface area (Å²) in [6.07, 6.45) is 3.26. The number of fused-ring (bicyclic) bond motifs is 1. The van der Waals surface area contributed by atoms with Gasteiger partial charge >= 0.3 is 0 Å². The molecule has 1 aromatic carbocycles. The summed E-state index contributed by atoms with van der Waals surface area (Å²) in [6.45, 7) is 4.83. The number of piperazine rings is 1. The summed E-state index contributed by atoms with van der Waals surface area (Å²) in [5.41, 5.74) is 1.80. The molecule has 31 heavy (non-hydrogen) atoms. The van der Waals surface area contributed by atoms with Crippen molar-refractivity contribution in [3.05, 3.63) is 68.1 Å². The molecule has 0 spiro atoms. The molecule has 0 radical (unpaired) electrons. The van der Waals surface area contributed by atoms with Gasteiger partial charge in [-0.2, -0.15) is 9.78 Å². The van der Waals surface area contributed by atoms with Gasteiger partial charge in [0.25, 0.3) is 5.56 Å². The molecule has 0 bridgehead atoms. The fraction of sp³-hybridized carbons (Fsp3) is 0.238. The van der Waals surface area contributed by atoms with Crippen molar-refractivity contribution in [2.75, 3.05) is 36.0 Å². The topological polar surface area (TPSA) is 67.2 Å². The fourth-order valence-corrected chi connectivity index (χ4v) is 4.88. The highest BCUT2D eigenvalue weighted by Crippen LogP contribution is 2.29. The molecule has 0 amide bonds. The molecule has 0 unspecified atom stereocenters. The Morgan fingerprint density at radius 1 is 1.03 bits per heavy atom. The first-order valence-electron chi connectivity index (χ1n) is 9.75. The van der Waals surface area contributed by atoms with Crippen LogP contribution < -0.4 is 15.4 Å². The maximum absolute atomic E-state index is 12.9. The highest BCUT2D eigenvalue weighted by atomic mass is 35.5. The van der Waals surface area contributed by atoms with Crippen LogP contribution >= 0.6 is 34.5 Å². The van der Waals surface area contributed by atoms with Gasteiger partial charge in [-0.15, -0.1) is 11.3 Å². The first kappa shape index (κ1) is 20.2. The van der Waals surface area contributed by atoms with E-state index in [0.29, 0.717) is 29.5 Å². The number of benzene rings is 1. The van der Waals surface area contributed by atoms with E-state index in [2.05, 4.69) is 30.9 Å². The van der Waals surface area contributed by atoms with Gasteiger partial charge in [0, 0.05) is 31.2 Å². The average Bonchev–Trinajstić information content (AvgIpc) is 3.27. The largest absolute Gasteiger partial charge is 0.365 e. The van der Waals surface area contributed by atoms with Crippen molar-refractivity contribution in [2.24, 2.45) is 0 Å². The van der Waals surface area contributed by atoms with E-state index in [4.69, 9.17) is 23.2 Å². The Morgan fingerprint density at radius 2 is 1.81 bits per heavy atom. The van der Waals surface area contributed by atoms with Gasteiger partial charge in [-0.3, -0.25) is 4.79 Å². The Morgan fingerprint density at radius 3 is 2.58 bits per heavy atom. The molecule has 158 valence electrons. The summed E-state index contributed by atoms with van der Waals surface area (Å²) in [4.78, 5) is 27.0. The van der Waals surface area contributed by atoms with Crippen LogP contribution in [0.15, 0.2) is 47.0 Å². The molecule has 1 saturated heterocycles. The molecule has 4 aromatic rings. The minimum absolute atomic E-state index is 0.155. The summed E-state index contributed by atoms with van der Waals surface area (Å²) in [5, 5.41) is 8.18. The van der Waals surface area contributed by atoms with Crippen LogP contribution in [0.2, 0.25) is 10.0 Å². The molecule has 3 aromatic heterocycles. The lowest BCUT2D eigenvalue weighted by atomic mass is 10.2. The molecule has 4 heterocycles. The van der Waals surface area contributed by atoms with Gasteiger partial charge in [0.1, 0.15) is 22.0 Å². The zero-order valence-corrected chi connectivity index (χ0v) is 19.0. The van der Waals surface area contributed by atoms with E-state index in [-0.39, 0.29) is 10.6 Å². The van der Waals surface area contributed by atoms with Crippen LogP contribution in [0.25, 0.3) is 15.9 Å². The van der Waals surface area contributed by atoms with Gasteiger partial charge in [-0.05, 0) is 36.1 Å². The van der Waals surface area contributed by atoms with Crippen LogP contribution in [0.5, 0.6) is 0 Å². The first-order chi connectivity index (χ1) is 15.0. The molecule has 7 nitrogen and oxygen atoms in total. The van der Waals surface area contributed by atoms with Gasteiger partial charge in [0.15, 0.2) is 0 Å². The molecule has 0 atom stereocenters. The maximum atomic E-state index is 12.9.